The van der Waals surface area contributed by atoms with Crippen LogP contribution in [0.2, 0.25) is 0 Å². The van der Waals surface area contributed by atoms with Crippen molar-refractivity contribution in [2.75, 3.05) is 4.90 Å². The van der Waals surface area contributed by atoms with Gasteiger partial charge in [-0.15, -0.1) is 11.3 Å². The van der Waals surface area contributed by atoms with Gasteiger partial charge in [0.15, 0.2) is 0 Å². The Morgan fingerprint density at radius 1 is 0.528 bits per heavy atom. The van der Waals surface area contributed by atoms with Gasteiger partial charge in [-0.25, -0.2) is 0 Å². The van der Waals surface area contributed by atoms with Gasteiger partial charge >= 0.3 is 0 Å². The van der Waals surface area contributed by atoms with Crippen LogP contribution in [0.15, 0.2) is 186 Å². The lowest BCUT2D eigenvalue weighted by molar-refractivity contribution is 0.668. The minimum Gasteiger partial charge on any atom is -0.455 e. The number of para-hydroxylation sites is 2. The van der Waals surface area contributed by atoms with Gasteiger partial charge in [0.25, 0.3) is 0 Å². The zero-order valence-electron chi connectivity index (χ0n) is 50.3. The van der Waals surface area contributed by atoms with E-state index in [1.165, 1.54) is 24.3 Å². The summed E-state index contributed by atoms with van der Waals surface area (Å²) in [6, 6.07) is -3.47. The predicted octanol–water partition coefficient (Wildman–Crippen LogP) is 14.4. The highest BCUT2D eigenvalue weighted by Crippen LogP contribution is 2.53. The predicted molar refractivity (Wildman–Crippen MR) is 224 cm³/mol. The third-order valence-corrected chi connectivity index (χ3v) is 10.7. The van der Waals surface area contributed by atoms with Crippen LogP contribution >= 0.6 is 11.3 Å². The summed E-state index contributed by atoms with van der Waals surface area (Å²) in [7, 11) is 0. The largest absolute Gasteiger partial charge is 0.455 e. The molecule has 8 aromatic carbocycles. The number of thiophene rings is 1. The molecule has 250 valence electrons. The van der Waals surface area contributed by atoms with E-state index in [2.05, 4.69) is 0 Å². The zero-order chi connectivity index (χ0) is 55.1. The summed E-state index contributed by atoms with van der Waals surface area (Å²) < 4.78 is 211. The van der Waals surface area contributed by atoms with Gasteiger partial charge in [0.1, 0.15) is 11.2 Å². The van der Waals surface area contributed by atoms with E-state index in [4.69, 9.17) is 25.0 Å². The molecule has 0 N–H and O–H groups in total. The van der Waals surface area contributed by atoms with Crippen molar-refractivity contribution in [3.8, 4) is 22.3 Å². The van der Waals surface area contributed by atoms with Gasteiger partial charge in [0.2, 0.25) is 0 Å². The smallest absolute Gasteiger partial charge is 0.143 e. The number of hydrogen-bond donors (Lipinski definition) is 0. The lowest BCUT2D eigenvalue weighted by Gasteiger charge is -2.28. The Labute approximate surface area is 344 Å². The van der Waals surface area contributed by atoms with Crippen LogP contribution < -0.4 is 4.90 Å². The molecule has 0 radical (unpaired) electrons. The first kappa shape index (κ1) is 15.3. The van der Waals surface area contributed by atoms with E-state index >= 15 is 0 Å². The number of furan rings is 1. The van der Waals surface area contributed by atoms with E-state index in [0.717, 1.165) is 34.4 Å². The van der Waals surface area contributed by atoms with Crippen molar-refractivity contribution in [2.24, 2.45) is 0 Å². The number of nitrogens with zero attached hydrogens (tertiary/aromatic N) is 1. The quantitative estimate of drug-likeness (QED) is 0.176. The third-order valence-electron chi connectivity index (χ3n) is 9.67. The summed E-state index contributed by atoms with van der Waals surface area (Å²) in [5.74, 6) is 0. The Morgan fingerprint density at radius 3 is 2.28 bits per heavy atom. The number of fused-ring (bicyclic) bond motifs is 9. The molecule has 11 rings (SSSR count). The molecule has 0 bridgehead atoms. The molecule has 0 aliphatic heterocycles. The highest BCUT2D eigenvalue weighted by atomic mass is 32.1. The van der Waals surface area contributed by atoms with E-state index in [1.54, 1.807) is 6.92 Å². The molecule has 0 saturated carbocycles. The van der Waals surface area contributed by atoms with Crippen molar-refractivity contribution in [3.05, 3.63) is 198 Å². The Balaban J connectivity index is 1.16. The normalized spacial score (nSPS) is 21.0. The first-order valence-electron chi connectivity index (χ1n) is 27.8. The summed E-state index contributed by atoms with van der Waals surface area (Å²) in [6.45, 7) is 1.56. The molecular weight excluding hydrogens is 663 g/mol. The molecule has 0 amide bonds. The van der Waals surface area contributed by atoms with Crippen LogP contribution in [0.4, 0.5) is 17.1 Å². The molecular formula is C50H33NOS. The molecule has 10 aromatic rings. The fourth-order valence-electron chi connectivity index (χ4n) is 7.13. The van der Waals surface area contributed by atoms with E-state index in [1.807, 2.05) is 0 Å². The van der Waals surface area contributed by atoms with E-state index in [-0.39, 0.29) is 117 Å². The van der Waals surface area contributed by atoms with Crippen LogP contribution in [0.5, 0.6) is 0 Å². The van der Waals surface area contributed by atoms with Crippen LogP contribution in [-0.4, -0.2) is 0 Å². The second-order valence-corrected chi connectivity index (χ2v) is 13.5. The number of benzene rings is 8. The lowest BCUT2D eigenvalue weighted by atomic mass is 9.74. The van der Waals surface area contributed by atoms with Crippen molar-refractivity contribution in [1.82, 2.24) is 0 Å². The molecule has 1 aliphatic carbocycles. The minimum absolute atomic E-state index is 0.0187. The summed E-state index contributed by atoms with van der Waals surface area (Å²) in [4.78, 5) is 0.985. The molecule has 1 aliphatic rings. The fraction of sp³-hybridized carbons (Fsp3) is 0.0400. The van der Waals surface area contributed by atoms with Crippen molar-refractivity contribution >= 4 is 70.5 Å². The minimum atomic E-state index is -1.70. The molecule has 1 atom stereocenters. The molecule has 3 heteroatoms. The Bertz CT molecular complexity index is 4380. The fourth-order valence-corrected chi connectivity index (χ4v) is 8.12. The van der Waals surface area contributed by atoms with Gasteiger partial charge in [-0.2, -0.15) is 0 Å². The van der Waals surface area contributed by atoms with Crippen molar-refractivity contribution in [1.29, 1.82) is 0 Å². The van der Waals surface area contributed by atoms with Crippen LogP contribution in [-0.2, 0) is 5.41 Å². The van der Waals surface area contributed by atoms with E-state index in [0.29, 0.717) is 0 Å². The third kappa shape index (κ3) is 4.51. The van der Waals surface area contributed by atoms with Gasteiger partial charge in [-0.05, 0) is 94.8 Å². The molecule has 53 heavy (non-hydrogen) atoms. The van der Waals surface area contributed by atoms with Gasteiger partial charge in [-0.1, -0.05) is 127 Å². The van der Waals surface area contributed by atoms with Crippen LogP contribution in [0.1, 0.15) is 55.1 Å². The van der Waals surface area contributed by atoms with Crippen LogP contribution in [0, 0.1) is 0 Å². The summed E-state index contributed by atoms with van der Waals surface area (Å²) >= 11 is 0.844. The monoisotopic (exact) mass is 718 g/mol. The maximum atomic E-state index is 9.56. The summed E-state index contributed by atoms with van der Waals surface area (Å²) in [5, 5.41) is 0.204. The molecule has 0 spiro atoms. The van der Waals surface area contributed by atoms with Gasteiger partial charge in [0, 0.05) is 59.0 Å². The van der Waals surface area contributed by atoms with Gasteiger partial charge in [-0.3, -0.25) is 0 Å². The summed E-state index contributed by atoms with van der Waals surface area (Å²) in [6.07, 6.45) is 0. The highest BCUT2D eigenvalue weighted by Gasteiger charge is 2.40. The average Bonchev–Trinajstić information content (AvgIpc) is 4.22. The Morgan fingerprint density at radius 2 is 1.32 bits per heavy atom. The van der Waals surface area contributed by atoms with Crippen LogP contribution in [0.3, 0.4) is 0 Å². The number of rotatable bonds is 5. The van der Waals surface area contributed by atoms with Crippen molar-refractivity contribution in [3.63, 3.8) is 0 Å². The molecule has 0 fully saturated rings. The molecule has 0 saturated heterocycles. The first-order valence-corrected chi connectivity index (χ1v) is 17.1. The molecule has 2 aromatic heterocycles. The molecule has 2 heterocycles. The molecule has 1 unspecified atom stereocenters. The topological polar surface area (TPSA) is 16.4 Å². The lowest BCUT2D eigenvalue weighted by Crippen LogP contribution is -2.22. The number of anilines is 3. The second-order valence-electron chi connectivity index (χ2n) is 12.5. The Hall–Kier alpha value is -6.42. The number of hydrogen-bond acceptors (Lipinski definition) is 3. The van der Waals surface area contributed by atoms with Gasteiger partial charge in [0.05, 0.1) is 31.5 Å². The standard InChI is InChI=1S/C50H33NOS/c1-50(44-19-8-5-14-38(44)39-15-6-9-20-45(39)50)33-24-29-46-43(30-33)42-18-11-17-37(49(42)52-46)32-22-25-35(26-23-32)51(34-12-3-2-4-13-34)36-27-28-41-40-16-7-10-21-47(40)53-48(41)31-36/h2-31H,1H3/i2D,3D,4D,5D,6D,7D,8D,9D,10D,11D,12D,14D,15D,17D,18D,19D,21D,22D,24D,26D,27D,28D,31D. The first-order chi connectivity index (χ1) is 35.7. The SMILES string of the molecule is [2H]c1cc(N(c2cc([2H])c([2H])c([2H])c2[2H])c2c([2H])c([2H])c3c(sc4c([2H])c([2H])c([2H])cc43)c2[2H])c([2H])cc1-c1c([2H])c([2H])c([2H])c2c1oc1cc([2H])c(C3(C)c4cc([2H])c([2H])c([2H])c4-c4c([2H])c([2H])c([2H])c([2H])c43)cc12. The van der Waals surface area contributed by atoms with Crippen LogP contribution in [0.25, 0.3) is 64.4 Å². The van der Waals surface area contributed by atoms with Crippen molar-refractivity contribution < 1.29 is 35.9 Å². The molecule has 2 nitrogen and oxygen atoms in total. The summed E-state index contributed by atoms with van der Waals surface area (Å²) in [5.41, 5.74) is -3.53. The average molecular weight is 719 g/mol. The maximum Gasteiger partial charge on any atom is 0.143 e. The zero-order valence-corrected chi connectivity index (χ0v) is 28.1. The van der Waals surface area contributed by atoms with Crippen molar-refractivity contribution in [2.45, 2.75) is 12.3 Å². The van der Waals surface area contributed by atoms with E-state index < -0.39 is 126 Å². The van der Waals surface area contributed by atoms with Gasteiger partial charge < -0.3 is 9.32 Å². The van der Waals surface area contributed by atoms with E-state index in [9.17, 15) is 11.0 Å². The second kappa shape index (κ2) is 11.5. The highest BCUT2D eigenvalue weighted by molar-refractivity contribution is 7.25. The Kier molecular flexibility index (Phi) is 3.33. The maximum absolute atomic E-state index is 9.56.